The molecule has 8 heteroatoms. The minimum atomic E-state index is -0.393. The summed E-state index contributed by atoms with van der Waals surface area (Å²) in [6.45, 7) is 4.71. The molecule has 120 valence electrons. The Hall–Kier alpha value is -0.850. The number of hydrogen-bond acceptors (Lipinski definition) is 3. The van der Waals surface area contributed by atoms with Crippen LogP contribution >= 0.6 is 57.5 Å². The number of halogens is 3. The summed E-state index contributed by atoms with van der Waals surface area (Å²) < 4.78 is 3.83. The maximum absolute atomic E-state index is 12.4. The molecule has 0 aliphatic carbocycles. The first kappa shape index (κ1) is 17.0. The summed E-state index contributed by atoms with van der Waals surface area (Å²) in [4.78, 5) is 17.3. The second-order valence-corrected chi connectivity index (χ2v) is 8.58. The quantitative estimate of drug-likeness (QED) is 0.531. The summed E-state index contributed by atoms with van der Waals surface area (Å²) in [5.74, 6) is -0.393. The summed E-state index contributed by atoms with van der Waals surface area (Å²) in [6, 6.07) is 5.34. The Balaban J connectivity index is 2.21. The van der Waals surface area contributed by atoms with Crippen LogP contribution in [0.4, 0.5) is 0 Å². The summed E-state index contributed by atoms with van der Waals surface area (Å²) in [6.07, 6.45) is 0. The number of rotatable bonds is 2. The molecule has 3 rings (SSSR count). The molecule has 0 unspecified atom stereocenters. The molecule has 23 heavy (non-hydrogen) atoms. The van der Waals surface area contributed by atoms with Gasteiger partial charge in [-0.05, 0) is 37.6 Å². The molecule has 0 radical (unpaired) electrons. The van der Waals surface area contributed by atoms with Crippen molar-refractivity contribution in [2.75, 3.05) is 0 Å². The summed E-state index contributed by atoms with van der Waals surface area (Å²) >= 11 is 20.6. The molecule has 1 aromatic carbocycles. The van der Waals surface area contributed by atoms with Gasteiger partial charge >= 0.3 is 0 Å². The Morgan fingerprint density at radius 1 is 1.22 bits per heavy atom. The van der Waals surface area contributed by atoms with Crippen LogP contribution in [0.3, 0.4) is 0 Å². The van der Waals surface area contributed by atoms with E-state index in [1.807, 2.05) is 30.5 Å². The highest BCUT2D eigenvalue weighted by molar-refractivity contribution is 7.20. The van der Waals surface area contributed by atoms with Gasteiger partial charge in [-0.3, -0.25) is 4.79 Å². The third-order valence-electron chi connectivity index (χ3n) is 3.33. The van der Waals surface area contributed by atoms with E-state index in [1.54, 1.807) is 6.07 Å². The molecule has 0 aliphatic heterocycles. The summed E-state index contributed by atoms with van der Waals surface area (Å²) in [5.41, 5.74) is 2.43. The zero-order valence-electron chi connectivity index (χ0n) is 12.2. The molecule has 2 heterocycles. The molecule has 3 nitrogen and oxygen atoms in total. The van der Waals surface area contributed by atoms with Gasteiger partial charge < -0.3 is 4.57 Å². The smallest absolute Gasteiger partial charge is 0.282 e. The van der Waals surface area contributed by atoms with Crippen molar-refractivity contribution in [2.45, 2.75) is 20.4 Å². The number of aryl methyl sites for hydroxylation is 2. The molecule has 0 aliphatic rings. The number of benzene rings is 1. The van der Waals surface area contributed by atoms with Crippen LogP contribution in [0, 0.1) is 6.92 Å². The number of carbonyl (C=O) groups excluding carboxylic acids is 1. The number of thiazole rings is 1. The second-order valence-electron chi connectivity index (χ2n) is 4.85. The molecule has 3 aromatic rings. The lowest BCUT2D eigenvalue weighted by Crippen LogP contribution is -2.16. The van der Waals surface area contributed by atoms with Gasteiger partial charge in [-0.25, -0.2) is 0 Å². The van der Waals surface area contributed by atoms with E-state index in [2.05, 4.69) is 4.99 Å². The number of amides is 1. The van der Waals surface area contributed by atoms with Crippen LogP contribution in [0.5, 0.6) is 0 Å². The average molecular weight is 406 g/mol. The fraction of sp³-hybridized carbons (Fsp3) is 0.200. The Bertz CT molecular complexity index is 985. The van der Waals surface area contributed by atoms with Gasteiger partial charge in [0.05, 0.1) is 20.1 Å². The fourth-order valence-corrected chi connectivity index (χ4v) is 5.38. The highest BCUT2D eigenvalue weighted by Gasteiger charge is 2.15. The molecular formula is C15H11Cl3N2OS2. The molecular weight excluding hydrogens is 395 g/mol. The van der Waals surface area contributed by atoms with Gasteiger partial charge in [-0.2, -0.15) is 4.99 Å². The summed E-state index contributed by atoms with van der Waals surface area (Å²) in [7, 11) is 0. The van der Waals surface area contributed by atoms with Crippen LogP contribution in [0.2, 0.25) is 13.7 Å². The zero-order chi connectivity index (χ0) is 16.7. The predicted octanol–water partition coefficient (Wildman–Crippen LogP) is 5.79. The first-order valence-electron chi connectivity index (χ1n) is 6.74. The van der Waals surface area contributed by atoms with Crippen LogP contribution in [0.25, 0.3) is 10.2 Å². The summed E-state index contributed by atoms with van der Waals surface area (Å²) in [5, 5.41) is 0.671. The monoisotopic (exact) mass is 404 g/mol. The van der Waals surface area contributed by atoms with Gasteiger partial charge in [0.1, 0.15) is 4.34 Å². The first-order valence-corrected chi connectivity index (χ1v) is 9.50. The highest BCUT2D eigenvalue weighted by Crippen LogP contribution is 2.31. The van der Waals surface area contributed by atoms with Crippen molar-refractivity contribution < 1.29 is 4.79 Å². The first-order chi connectivity index (χ1) is 10.9. The number of hydrogen-bond donors (Lipinski definition) is 0. The van der Waals surface area contributed by atoms with E-state index < -0.39 is 5.91 Å². The minimum Gasteiger partial charge on any atom is -0.316 e. The second kappa shape index (κ2) is 6.57. The van der Waals surface area contributed by atoms with Crippen molar-refractivity contribution in [1.29, 1.82) is 0 Å². The largest absolute Gasteiger partial charge is 0.316 e. The lowest BCUT2D eigenvalue weighted by molar-refractivity contribution is 0.0998. The topological polar surface area (TPSA) is 34.4 Å². The Labute approximate surface area is 155 Å². The molecule has 0 atom stereocenters. The van der Waals surface area contributed by atoms with Gasteiger partial charge in [-0.15, -0.1) is 11.3 Å². The fourth-order valence-electron chi connectivity index (χ4n) is 2.39. The molecule has 0 spiro atoms. The van der Waals surface area contributed by atoms with E-state index in [4.69, 9.17) is 34.8 Å². The SMILES string of the molecule is CCn1c(=NC(=O)c2cc(Cl)sc2Cl)sc2cc(Cl)cc(C)c21. The van der Waals surface area contributed by atoms with Crippen molar-refractivity contribution in [2.24, 2.45) is 4.99 Å². The molecule has 0 N–H and O–H groups in total. The number of thiophene rings is 1. The number of fused-ring (bicyclic) bond motifs is 1. The van der Waals surface area contributed by atoms with Crippen molar-refractivity contribution in [3.8, 4) is 0 Å². The van der Waals surface area contributed by atoms with Crippen molar-refractivity contribution in [3.05, 3.63) is 47.8 Å². The maximum atomic E-state index is 12.4. The Morgan fingerprint density at radius 3 is 2.57 bits per heavy atom. The number of carbonyl (C=O) groups is 1. The van der Waals surface area contributed by atoms with Crippen LogP contribution in [0.1, 0.15) is 22.8 Å². The predicted molar refractivity (Wildman–Crippen MR) is 99.5 cm³/mol. The molecule has 1 amide bonds. The van der Waals surface area contributed by atoms with Crippen LogP contribution < -0.4 is 4.80 Å². The van der Waals surface area contributed by atoms with Crippen LogP contribution in [0.15, 0.2) is 23.2 Å². The van der Waals surface area contributed by atoms with Crippen molar-refractivity contribution in [1.82, 2.24) is 4.57 Å². The van der Waals surface area contributed by atoms with Gasteiger partial charge in [0.15, 0.2) is 4.80 Å². The minimum absolute atomic E-state index is 0.330. The maximum Gasteiger partial charge on any atom is 0.282 e. The number of aromatic nitrogens is 1. The molecule has 0 bridgehead atoms. The zero-order valence-corrected chi connectivity index (χ0v) is 16.1. The lowest BCUT2D eigenvalue weighted by Gasteiger charge is -2.04. The highest BCUT2D eigenvalue weighted by atomic mass is 35.5. The van der Waals surface area contributed by atoms with Gasteiger partial charge in [0.2, 0.25) is 0 Å². The van der Waals surface area contributed by atoms with Crippen LogP contribution in [-0.2, 0) is 6.54 Å². The lowest BCUT2D eigenvalue weighted by atomic mass is 10.2. The van der Waals surface area contributed by atoms with Gasteiger partial charge in [-0.1, -0.05) is 46.1 Å². The van der Waals surface area contributed by atoms with Crippen molar-refractivity contribution >= 4 is 73.6 Å². The molecule has 0 saturated heterocycles. The van der Waals surface area contributed by atoms with Gasteiger partial charge in [0.25, 0.3) is 5.91 Å². The van der Waals surface area contributed by atoms with Crippen LogP contribution in [-0.4, -0.2) is 10.5 Å². The molecule has 0 saturated carbocycles. The number of nitrogens with zero attached hydrogens (tertiary/aromatic N) is 2. The van der Waals surface area contributed by atoms with E-state index in [1.165, 1.54) is 11.3 Å². The Morgan fingerprint density at radius 2 is 1.96 bits per heavy atom. The molecule has 0 fully saturated rings. The standard InChI is InChI=1S/C15H11Cl3N2OS2/c1-3-20-12-7(2)4-8(16)5-10(12)22-15(20)19-14(21)9-6-11(17)23-13(9)18/h4-6H,3H2,1-2H3. The van der Waals surface area contributed by atoms with E-state index in [0.717, 1.165) is 27.1 Å². The van der Waals surface area contributed by atoms with E-state index in [9.17, 15) is 4.79 Å². The van der Waals surface area contributed by atoms with Gasteiger partial charge in [0, 0.05) is 11.6 Å². The van der Waals surface area contributed by atoms with E-state index in [0.29, 0.717) is 30.6 Å². The molecule has 2 aromatic heterocycles. The average Bonchev–Trinajstić information content (AvgIpc) is 2.98. The van der Waals surface area contributed by atoms with E-state index >= 15 is 0 Å². The third-order valence-corrected chi connectivity index (χ3v) is 6.06. The normalized spacial score (nSPS) is 12.3. The Kier molecular flexibility index (Phi) is 4.85. The third kappa shape index (κ3) is 3.21. The van der Waals surface area contributed by atoms with E-state index in [-0.39, 0.29) is 0 Å². The van der Waals surface area contributed by atoms with Crippen molar-refractivity contribution in [3.63, 3.8) is 0 Å².